The molecule has 29 heavy (non-hydrogen) atoms. The highest BCUT2D eigenvalue weighted by Crippen LogP contribution is 2.20. The van der Waals surface area contributed by atoms with Gasteiger partial charge < -0.3 is 5.32 Å². The van der Waals surface area contributed by atoms with Crippen molar-refractivity contribution in [2.24, 2.45) is 0 Å². The van der Waals surface area contributed by atoms with Crippen molar-refractivity contribution in [1.82, 2.24) is 9.97 Å². The average Bonchev–Trinajstić information content (AvgIpc) is 2.73. The van der Waals surface area contributed by atoms with Crippen LogP contribution in [0.15, 0.2) is 54.7 Å². The minimum absolute atomic E-state index is 0.0102. The van der Waals surface area contributed by atoms with E-state index in [1.165, 1.54) is 30.5 Å². The summed E-state index contributed by atoms with van der Waals surface area (Å²) in [5.41, 5.74) is 1.32. The maximum absolute atomic E-state index is 13.2. The van der Waals surface area contributed by atoms with Crippen LogP contribution >= 0.6 is 11.6 Å². The lowest BCUT2D eigenvalue weighted by Gasteiger charge is -2.12. The molecule has 1 amide bonds. The van der Waals surface area contributed by atoms with Crippen LogP contribution in [-0.4, -0.2) is 21.7 Å². The van der Waals surface area contributed by atoms with E-state index in [-0.39, 0.29) is 34.2 Å². The van der Waals surface area contributed by atoms with Crippen LogP contribution < -0.4 is 5.32 Å². The highest BCUT2D eigenvalue weighted by molar-refractivity contribution is 6.28. The maximum Gasteiger partial charge on any atom is 0.256 e. The van der Waals surface area contributed by atoms with Crippen LogP contribution in [0.2, 0.25) is 5.28 Å². The van der Waals surface area contributed by atoms with Crippen LogP contribution in [0.25, 0.3) is 0 Å². The molecule has 0 spiro atoms. The molecule has 5 nitrogen and oxygen atoms in total. The van der Waals surface area contributed by atoms with E-state index in [1.807, 2.05) is 0 Å². The van der Waals surface area contributed by atoms with Gasteiger partial charge in [0.2, 0.25) is 5.28 Å². The molecular formula is C21H16ClF2N3O2. The fraction of sp³-hybridized carbons (Fsp3) is 0.143. The first-order valence-corrected chi connectivity index (χ1v) is 9.04. The van der Waals surface area contributed by atoms with Gasteiger partial charge in [0.1, 0.15) is 13.3 Å². The summed E-state index contributed by atoms with van der Waals surface area (Å²) in [6, 6.07) is 12.2. The summed E-state index contributed by atoms with van der Waals surface area (Å²) in [4.78, 5) is 32.9. The molecule has 148 valence electrons. The van der Waals surface area contributed by atoms with Crippen LogP contribution in [0.1, 0.15) is 37.5 Å². The molecule has 2 aromatic carbocycles. The molecule has 1 heterocycles. The number of carbonyl (C=O) groups is 2. The lowest BCUT2D eigenvalue weighted by atomic mass is 10.0. The third-order valence-corrected chi connectivity index (χ3v) is 4.40. The molecule has 0 aliphatic heterocycles. The van der Waals surface area contributed by atoms with E-state index in [4.69, 9.17) is 11.6 Å². The van der Waals surface area contributed by atoms with Gasteiger partial charge in [-0.25, -0.2) is 18.7 Å². The van der Waals surface area contributed by atoms with Crippen LogP contribution in [0.4, 0.5) is 14.5 Å². The fourth-order valence-electron chi connectivity index (χ4n) is 2.87. The van der Waals surface area contributed by atoms with Gasteiger partial charge in [-0.2, -0.15) is 0 Å². The first kappa shape index (κ1) is 20.5. The Labute approximate surface area is 170 Å². The molecule has 3 rings (SSSR count). The zero-order valence-electron chi connectivity index (χ0n) is 15.2. The number of hydrogen-bond donors (Lipinski definition) is 1. The smallest absolute Gasteiger partial charge is 0.256 e. The van der Waals surface area contributed by atoms with E-state index in [0.29, 0.717) is 16.9 Å². The Kier molecular flexibility index (Phi) is 6.61. The lowest BCUT2D eigenvalue weighted by Crippen LogP contribution is -2.17. The number of ketones is 1. The minimum atomic E-state index is -0.892. The van der Waals surface area contributed by atoms with E-state index in [2.05, 4.69) is 15.3 Å². The summed E-state index contributed by atoms with van der Waals surface area (Å²) in [6.07, 6.45) is 1.47. The number of aromatic nitrogens is 2. The zero-order valence-corrected chi connectivity index (χ0v) is 15.9. The number of rotatable bonds is 7. The monoisotopic (exact) mass is 415 g/mol. The number of halogens is 3. The number of benzene rings is 2. The molecule has 0 radical (unpaired) electrons. The second-order valence-corrected chi connectivity index (χ2v) is 6.51. The Balaban J connectivity index is 1.80. The van der Waals surface area contributed by atoms with Crippen molar-refractivity contribution in [3.63, 3.8) is 0 Å². The Morgan fingerprint density at radius 2 is 1.69 bits per heavy atom. The number of hydrogen-bond acceptors (Lipinski definition) is 4. The molecule has 0 unspecified atom stereocenters. The molecule has 0 bridgehead atoms. The van der Waals surface area contributed by atoms with Crippen molar-refractivity contribution in [3.05, 3.63) is 88.0 Å². The first-order valence-electron chi connectivity index (χ1n) is 8.66. The minimum Gasteiger partial charge on any atom is -0.322 e. The molecular weight excluding hydrogens is 400 g/mol. The molecule has 0 saturated heterocycles. The predicted octanol–water partition coefficient (Wildman–Crippen LogP) is 4.75. The Morgan fingerprint density at radius 1 is 1.00 bits per heavy atom. The standard InChI is InChI=1S/C21H16ClF2N3O2/c22-21-25-8-7-17(27-21)10-18(28)13-3-2-6-16(9-13)26-20(29)19-14(11-23)4-1-5-15(19)12-24/h1-9H,10-12H2,(H,26,29). The Morgan fingerprint density at radius 3 is 2.34 bits per heavy atom. The SMILES string of the molecule is O=C(Cc1ccnc(Cl)n1)c1cccc(NC(=O)c2c(CF)cccc2CF)c1. The molecule has 0 atom stereocenters. The summed E-state index contributed by atoms with van der Waals surface area (Å²) in [7, 11) is 0. The molecule has 8 heteroatoms. The van der Waals surface area contributed by atoms with E-state index in [9.17, 15) is 18.4 Å². The third-order valence-electron chi connectivity index (χ3n) is 4.22. The van der Waals surface area contributed by atoms with E-state index in [0.717, 1.165) is 0 Å². The number of nitrogens with one attached hydrogen (secondary N) is 1. The highest BCUT2D eigenvalue weighted by Gasteiger charge is 2.17. The Bertz CT molecular complexity index is 1040. The summed E-state index contributed by atoms with van der Waals surface area (Å²) < 4.78 is 26.5. The first-order chi connectivity index (χ1) is 14.0. The van der Waals surface area contributed by atoms with Gasteiger partial charge in [-0.3, -0.25) is 9.59 Å². The van der Waals surface area contributed by atoms with Crippen molar-refractivity contribution in [2.45, 2.75) is 19.8 Å². The molecule has 0 fully saturated rings. The fourth-order valence-corrected chi connectivity index (χ4v) is 3.03. The predicted molar refractivity (Wildman–Crippen MR) is 106 cm³/mol. The van der Waals surface area contributed by atoms with Gasteiger partial charge in [0.05, 0.1) is 17.7 Å². The molecule has 0 aliphatic rings. The van der Waals surface area contributed by atoms with Crippen LogP contribution in [-0.2, 0) is 19.8 Å². The van der Waals surface area contributed by atoms with Crippen molar-refractivity contribution < 1.29 is 18.4 Å². The molecule has 0 saturated carbocycles. The van der Waals surface area contributed by atoms with Crippen LogP contribution in [0, 0.1) is 0 Å². The number of nitrogens with zero attached hydrogens (tertiary/aromatic N) is 2. The van der Waals surface area contributed by atoms with Crippen LogP contribution in [0.5, 0.6) is 0 Å². The maximum atomic E-state index is 13.2. The summed E-state index contributed by atoms with van der Waals surface area (Å²) >= 11 is 5.73. The quantitative estimate of drug-likeness (QED) is 0.446. The number of carbonyl (C=O) groups excluding carboxylic acids is 2. The number of amides is 1. The van der Waals surface area contributed by atoms with E-state index < -0.39 is 19.3 Å². The molecule has 3 aromatic rings. The van der Waals surface area contributed by atoms with Gasteiger partial charge in [0.15, 0.2) is 5.78 Å². The van der Waals surface area contributed by atoms with Gasteiger partial charge in [0.25, 0.3) is 5.91 Å². The van der Waals surface area contributed by atoms with Crippen molar-refractivity contribution in [2.75, 3.05) is 5.32 Å². The van der Waals surface area contributed by atoms with E-state index in [1.54, 1.807) is 24.3 Å². The second kappa shape index (κ2) is 9.34. The normalized spacial score (nSPS) is 10.6. The van der Waals surface area contributed by atoms with Crippen LogP contribution in [0.3, 0.4) is 0 Å². The van der Waals surface area contributed by atoms with Gasteiger partial charge in [-0.1, -0.05) is 30.3 Å². The number of alkyl halides is 2. The summed E-state index contributed by atoms with van der Waals surface area (Å²) in [5, 5.41) is 2.65. The second-order valence-electron chi connectivity index (χ2n) is 6.17. The molecule has 0 aliphatic carbocycles. The van der Waals surface area contributed by atoms with Gasteiger partial charge >= 0.3 is 0 Å². The lowest BCUT2D eigenvalue weighted by molar-refractivity contribution is 0.0988. The van der Waals surface area contributed by atoms with Crippen molar-refractivity contribution in [1.29, 1.82) is 0 Å². The summed E-state index contributed by atoms with van der Waals surface area (Å²) in [5.74, 6) is -0.873. The molecule has 1 aromatic heterocycles. The van der Waals surface area contributed by atoms with E-state index >= 15 is 0 Å². The number of Topliss-reactive ketones (excluding diaryl/α,β-unsaturated/α-hetero) is 1. The molecule has 1 N–H and O–H groups in total. The summed E-state index contributed by atoms with van der Waals surface area (Å²) in [6.45, 7) is -1.78. The van der Waals surface area contributed by atoms with Gasteiger partial charge in [0, 0.05) is 17.4 Å². The van der Waals surface area contributed by atoms with Crippen molar-refractivity contribution in [3.8, 4) is 0 Å². The Hall–Kier alpha value is -3.19. The average molecular weight is 416 g/mol. The topological polar surface area (TPSA) is 72.0 Å². The number of anilines is 1. The van der Waals surface area contributed by atoms with Crippen molar-refractivity contribution >= 4 is 29.0 Å². The third kappa shape index (κ3) is 5.00. The highest BCUT2D eigenvalue weighted by atomic mass is 35.5. The largest absolute Gasteiger partial charge is 0.322 e. The van der Waals surface area contributed by atoms with Gasteiger partial charge in [-0.05, 0) is 40.9 Å². The zero-order chi connectivity index (χ0) is 20.8. The van der Waals surface area contributed by atoms with Gasteiger partial charge in [-0.15, -0.1) is 0 Å².